The maximum Gasteiger partial charge on any atom is 0.472 e. The number of carbonyl (C=O) groups is 1. The fourth-order valence-corrected chi connectivity index (χ4v) is 6.73. The van der Waals surface area contributed by atoms with Gasteiger partial charge in [0.05, 0.1) is 19.8 Å². The average molecular weight is 794 g/mol. The number of phosphoric acid groups is 1. The molecule has 0 bridgehead atoms. The lowest BCUT2D eigenvalue weighted by Gasteiger charge is -2.20. The Morgan fingerprint density at radius 3 is 1.53 bits per heavy atom. The number of carbonyl (C=O) groups excluding carboxylic acids is 1. The van der Waals surface area contributed by atoms with E-state index in [-0.39, 0.29) is 32.3 Å². The molecule has 3 N–H and O–H groups in total. The van der Waals surface area contributed by atoms with Gasteiger partial charge in [-0.3, -0.25) is 13.8 Å². The summed E-state index contributed by atoms with van der Waals surface area (Å²) >= 11 is 0. The van der Waals surface area contributed by atoms with Gasteiger partial charge in [-0.1, -0.05) is 184 Å². The number of phosphoric ester groups is 1. The van der Waals surface area contributed by atoms with E-state index in [1.54, 1.807) is 0 Å². The van der Waals surface area contributed by atoms with Crippen LogP contribution in [0.1, 0.15) is 187 Å². The second kappa shape index (κ2) is 43.3. The topological polar surface area (TPSA) is 117 Å². The average Bonchev–Trinajstić information content (AvgIpc) is 3.17. The van der Waals surface area contributed by atoms with E-state index < -0.39 is 13.9 Å². The fraction of sp³-hybridized carbons (Fsp3) is 0.761. The molecular weight excluding hydrogens is 709 g/mol. The Hall–Kier alpha value is -1.80. The number of allylic oxidation sites excluding steroid dienone is 10. The number of nitrogens with two attached hydrogens (primary N) is 1. The highest BCUT2D eigenvalue weighted by molar-refractivity contribution is 7.47. The molecule has 0 aliphatic heterocycles. The van der Waals surface area contributed by atoms with Crippen LogP contribution in [-0.2, 0) is 27.9 Å². The lowest BCUT2D eigenvalue weighted by molar-refractivity contribution is -0.154. The van der Waals surface area contributed by atoms with Crippen molar-refractivity contribution < 1.29 is 32.8 Å². The lowest BCUT2D eigenvalue weighted by Crippen LogP contribution is -2.28. The van der Waals surface area contributed by atoms with Crippen LogP contribution in [0, 0.1) is 0 Å². The summed E-state index contributed by atoms with van der Waals surface area (Å²) in [6, 6.07) is 0. The second-order valence-electron chi connectivity index (χ2n) is 14.5. The summed E-state index contributed by atoms with van der Waals surface area (Å²) in [6.45, 7) is 4.80. The van der Waals surface area contributed by atoms with Crippen molar-refractivity contribution in [3.05, 3.63) is 60.8 Å². The van der Waals surface area contributed by atoms with Gasteiger partial charge in [0, 0.05) is 19.6 Å². The molecule has 0 saturated heterocycles. The van der Waals surface area contributed by atoms with Crippen LogP contribution < -0.4 is 5.73 Å². The SMILES string of the molecule is CC/C=C\C/C=C\C/C=C\C/C=C\C/C=C\CCCCCCCCCC(=O)OC(COCCCCCCCCCCCCCCC)COP(=O)(O)OCCN. The zero-order valence-corrected chi connectivity index (χ0v) is 36.3. The monoisotopic (exact) mass is 794 g/mol. The molecule has 55 heavy (non-hydrogen) atoms. The molecule has 2 unspecified atom stereocenters. The van der Waals surface area contributed by atoms with Crippen LogP contribution >= 0.6 is 7.82 Å². The minimum Gasteiger partial charge on any atom is -0.457 e. The van der Waals surface area contributed by atoms with Gasteiger partial charge in [0.1, 0.15) is 6.10 Å². The predicted octanol–water partition coefficient (Wildman–Crippen LogP) is 13.4. The molecule has 0 fully saturated rings. The zero-order valence-electron chi connectivity index (χ0n) is 35.4. The molecule has 0 spiro atoms. The third-order valence-corrected chi connectivity index (χ3v) is 10.2. The second-order valence-corrected chi connectivity index (χ2v) is 16.0. The van der Waals surface area contributed by atoms with E-state index in [9.17, 15) is 14.3 Å². The number of unbranched alkanes of at least 4 members (excludes halogenated alkanes) is 19. The molecule has 0 aromatic carbocycles. The highest BCUT2D eigenvalue weighted by atomic mass is 31.2. The fourth-order valence-electron chi connectivity index (χ4n) is 5.96. The Bertz CT molecular complexity index is 1030. The predicted molar refractivity (Wildman–Crippen MR) is 233 cm³/mol. The van der Waals surface area contributed by atoms with E-state index in [1.807, 2.05) is 0 Å². The summed E-state index contributed by atoms with van der Waals surface area (Å²) in [4.78, 5) is 22.5. The summed E-state index contributed by atoms with van der Waals surface area (Å²) in [5, 5.41) is 0. The number of hydrogen-bond donors (Lipinski definition) is 2. The van der Waals surface area contributed by atoms with Crippen molar-refractivity contribution in [3.63, 3.8) is 0 Å². The van der Waals surface area contributed by atoms with Crippen molar-refractivity contribution in [1.29, 1.82) is 0 Å². The van der Waals surface area contributed by atoms with E-state index in [1.165, 1.54) is 96.3 Å². The van der Waals surface area contributed by atoms with Gasteiger partial charge in [0.2, 0.25) is 0 Å². The van der Waals surface area contributed by atoms with Crippen molar-refractivity contribution in [1.82, 2.24) is 0 Å². The molecule has 9 heteroatoms. The normalized spacial score (nSPS) is 14.0. The largest absolute Gasteiger partial charge is 0.472 e. The lowest BCUT2D eigenvalue weighted by atomic mass is 10.0. The van der Waals surface area contributed by atoms with Crippen LogP contribution in [0.25, 0.3) is 0 Å². The van der Waals surface area contributed by atoms with Crippen LogP contribution in [-0.4, -0.2) is 49.9 Å². The van der Waals surface area contributed by atoms with E-state index >= 15 is 0 Å². The van der Waals surface area contributed by atoms with E-state index in [0.29, 0.717) is 13.0 Å². The van der Waals surface area contributed by atoms with E-state index in [2.05, 4.69) is 74.6 Å². The molecule has 0 saturated carbocycles. The smallest absolute Gasteiger partial charge is 0.457 e. The number of esters is 1. The molecule has 0 rings (SSSR count). The van der Waals surface area contributed by atoms with Crippen molar-refractivity contribution >= 4 is 13.8 Å². The Balaban J connectivity index is 4.03. The Morgan fingerprint density at radius 1 is 0.564 bits per heavy atom. The van der Waals surface area contributed by atoms with E-state index in [0.717, 1.165) is 70.6 Å². The van der Waals surface area contributed by atoms with Crippen molar-refractivity contribution in [2.45, 2.75) is 193 Å². The Morgan fingerprint density at radius 2 is 1.02 bits per heavy atom. The molecule has 2 atom stereocenters. The molecule has 0 heterocycles. The summed E-state index contributed by atoms with van der Waals surface area (Å²) < 4.78 is 33.4. The molecule has 320 valence electrons. The van der Waals surface area contributed by atoms with Crippen molar-refractivity contribution in [3.8, 4) is 0 Å². The van der Waals surface area contributed by atoms with Gasteiger partial charge in [0.25, 0.3) is 0 Å². The van der Waals surface area contributed by atoms with Gasteiger partial charge in [-0.05, 0) is 57.8 Å². The molecule has 0 aromatic rings. The van der Waals surface area contributed by atoms with Gasteiger partial charge in [0.15, 0.2) is 0 Å². The van der Waals surface area contributed by atoms with Crippen molar-refractivity contribution in [2.75, 3.05) is 33.0 Å². The van der Waals surface area contributed by atoms with Crippen LogP contribution in [0.15, 0.2) is 60.8 Å². The van der Waals surface area contributed by atoms with Crippen LogP contribution in [0.5, 0.6) is 0 Å². The van der Waals surface area contributed by atoms with Gasteiger partial charge < -0.3 is 20.1 Å². The van der Waals surface area contributed by atoms with Crippen molar-refractivity contribution in [2.24, 2.45) is 5.73 Å². The minimum atomic E-state index is -4.28. The molecule has 0 aromatic heterocycles. The quantitative estimate of drug-likeness (QED) is 0.0271. The number of hydrogen-bond acceptors (Lipinski definition) is 7. The first-order valence-corrected chi connectivity index (χ1v) is 23.8. The summed E-state index contributed by atoms with van der Waals surface area (Å²) in [7, 11) is -4.28. The number of ether oxygens (including phenoxy) is 2. The summed E-state index contributed by atoms with van der Waals surface area (Å²) in [6.07, 6.45) is 52.3. The zero-order chi connectivity index (χ0) is 40.2. The maximum atomic E-state index is 12.6. The first-order chi connectivity index (χ1) is 26.9. The highest BCUT2D eigenvalue weighted by Gasteiger charge is 2.25. The Kier molecular flexibility index (Phi) is 41.9. The van der Waals surface area contributed by atoms with Crippen LogP contribution in [0.2, 0.25) is 0 Å². The summed E-state index contributed by atoms with van der Waals surface area (Å²) in [5.41, 5.74) is 5.37. The molecule has 0 aliphatic rings. The first kappa shape index (κ1) is 53.2. The van der Waals surface area contributed by atoms with Gasteiger partial charge in [-0.15, -0.1) is 0 Å². The third kappa shape index (κ3) is 43.2. The van der Waals surface area contributed by atoms with Gasteiger partial charge in [-0.2, -0.15) is 0 Å². The molecule has 8 nitrogen and oxygen atoms in total. The molecule has 0 radical (unpaired) electrons. The third-order valence-electron chi connectivity index (χ3n) is 9.20. The molecule has 0 aliphatic carbocycles. The van der Waals surface area contributed by atoms with Gasteiger partial charge >= 0.3 is 13.8 Å². The maximum absolute atomic E-state index is 12.6. The Labute approximate surface area is 338 Å². The van der Waals surface area contributed by atoms with E-state index in [4.69, 9.17) is 24.3 Å². The number of rotatable bonds is 42. The molecule has 0 amide bonds. The summed E-state index contributed by atoms with van der Waals surface area (Å²) in [5.74, 6) is -0.342. The van der Waals surface area contributed by atoms with Crippen LogP contribution in [0.3, 0.4) is 0 Å². The standard InChI is InChI=1S/C46H84NO7P/c1-3-5-7-9-11-13-15-17-18-19-20-21-22-23-24-25-26-27-29-31-33-35-37-39-46(48)54-45(44-53-55(49,50)52-42-40-47)43-51-41-38-36-34-32-30-28-16-14-12-10-8-6-4-2/h5,7,11,13,17-18,20-21,23-24,45H,3-4,6,8-10,12,14-16,19,22,25-44,47H2,1-2H3,(H,49,50)/b7-5-,13-11-,18-17-,21-20-,24-23-. The minimum absolute atomic E-state index is 0.0969. The first-order valence-electron chi connectivity index (χ1n) is 22.3. The van der Waals surface area contributed by atoms with Gasteiger partial charge in [-0.25, -0.2) is 4.57 Å². The highest BCUT2D eigenvalue weighted by Crippen LogP contribution is 2.43. The van der Waals surface area contributed by atoms with Crippen LogP contribution in [0.4, 0.5) is 0 Å². The molecular formula is C46H84NO7P.